The van der Waals surface area contributed by atoms with Crippen LogP contribution in [-0.4, -0.2) is 73.7 Å². The Bertz CT molecular complexity index is 1920. The van der Waals surface area contributed by atoms with Crippen LogP contribution in [0.5, 0.6) is 0 Å². The molecule has 50 heavy (non-hydrogen) atoms. The molecule has 14 heteroatoms. The molecule has 4 aromatic rings. The molecule has 5 rings (SSSR count). The average Bonchev–Trinajstić information content (AvgIpc) is 3.59. The largest absolute Gasteiger partial charge is 0.478 e. The van der Waals surface area contributed by atoms with Crippen molar-refractivity contribution in [2.45, 2.75) is 105 Å². The number of pyridine rings is 1. The van der Waals surface area contributed by atoms with E-state index in [-0.39, 0.29) is 24.3 Å². The normalized spacial score (nSPS) is 15.4. The molecule has 1 fully saturated rings. The van der Waals surface area contributed by atoms with Gasteiger partial charge in [0.25, 0.3) is 0 Å². The summed E-state index contributed by atoms with van der Waals surface area (Å²) in [5.74, 6) is -0.0263. The topological polar surface area (TPSA) is 153 Å². The highest BCUT2D eigenvalue weighted by Crippen LogP contribution is 2.55. The van der Waals surface area contributed by atoms with Gasteiger partial charge < -0.3 is 10.5 Å². The zero-order valence-electron chi connectivity index (χ0n) is 30.9. The van der Waals surface area contributed by atoms with Gasteiger partial charge in [0.1, 0.15) is 6.33 Å². The van der Waals surface area contributed by atoms with Crippen LogP contribution in [0, 0.1) is 13.8 Å². The number of hydrogen-bond donors (Lipinski definition) is 1. The van der Waals surface area contributed by atoms with E-state index in [1.807, 2.05) is 26.1 Å². The summed E-state index contributed by atoms with van der Waals surface area (Å²) in [4.78, 5) is 32.3. The molecule has 0 radical (unpaired) electrons. The van der Waals surface area contributed by atoms with E-state index in [0.717, 1.165) is 64.8 Å². The van der Waals surface area contributed by atoms with E-state index in [0.29, 0.717) is 11.2 Å². The first kappa shape index (κ1) is 37.6. The van der Waals surface area contributed by atoms with Gasteiger partial charge in [0.05, 0.1) is 29.0 Å². The van der Waals surface area contributed by atoms with E-state index in [2.05, 4.69) is 41.0 Å². The lowest BCUT2D eigenvalue weighted by Gasteiger charge is -2.31. The monoisotopic (exact) mass is 710 g/mol. The Hall–Kier alpha value is -3.61. The molecule has 1 aliphatic heterocycles. The summed E-state index contributed by atoms with van der Waals surface area (Å²) >= 11 is 0. The van der Waals surface area contributed by atoms with Crippen molar-refractivity contribution >= 4 is 36.4 Å². The Labute approximate surface area is 294 Å². The summed E-state index contributed by atoms with van der Waals surface area (Å²) < 4.78 is 39.8. The van der Waals surface area contributed by atoms with Crippen molar-refractivity contribution in [1.29, 1.82) is 0 Å². The van der Waals surface area contributed by atoms with Crippen LogP contribution in [0.3, 0.4) is 0 Å². The van der Waals surface area contributed by atoms with Gasteiger partial charge in [-0.2, -0.15) is 5.10 Å². The van der Waals surface area contributed by atoms with Crippen molar-refractivity contribution < 1.29 is 32.5 Å². The van der Waals surface area contributed by atoms with Crippen LogP contribution in [0.15, 0.2) is 30.7 Å². The third-order valence-corrected chi connectivity index (χ3v) is 10.7. The van der Waals surface area contributed by atoms with Gasteiger partial charge >= 0.3 is 13.9 Å². The Morgan fingerprint density at radius 2 is 1.66 bits per heavy atom. The number of fused-ring (bicyclic) bond motifs is 2. The Balaban J connectivity index is 1.59. The van der Waals surface area contributed by atoms with Crippen LogP contribution in [0.4, 0.5) is 4.79 Å². The number of likely N-dealkylation sites (tertiary alicyclic amines) is 1. The molecule has 272 valence electrons. The van der Waals surface area contributed by atoms with E-state index in [9.17, 15) is 14.2 Å². The summed E-state index contributed by atoms with van der Waals surface area (Å²) in [6.07, 6.45) is 4.46. The standard InChI is InChI=1S/C36H51N6O7P/c1-22(2)31-27-17-26(25-13-15-40(16-14-25)19-30(37)43)11-12-29(27)42(32(31)28-18-41-33(38-20-39-41)24(4)23(28)3)34(44)46-21-47-50(45,48-35(5,6)7)49-36(8,9)10/h11-12,17-18,20,22,25H,13-16,19,21H2,1-10H3,(H2,37,43). The Morgan fingerprint density at radius 3 is 2.24 bits per heavy atom. The predicted octanol–water partition coefficient (Wildman–Crippen LogP) is 7.45. The maximum absolute atomic E-state index is 14.3. The number of aryl methyl sites for hydroxylation is 1. The number of aromatic nitrogens is 4. The minimum absolute atomic E-state index is 0.0113. The number of rotatable bonds is 10. The maximum atomic E-state index is 14.3. The van der Waals surface area contributed by atoms with E-state index in [4.69, 9.17) is 24.0 Å². The van der Waals surface area contributed by atoms with Gasteiger partial charge in [0.2, 0.25) is 12.7 Å². The van der Waals surface area contributed by atoms with Gasteiger partial charge in [-0.3, -0.25) is 18.7 Å². The zero-order chi connectivity index (χ0) is 36.8. The lowest BCUT2D eigenvalue weighted by Crippen LogP contribution is -2.39. The first-order valence-corrected chi connectivity index (χ1v) is 18.5. The molecule has 0 atom stereocenters. The number of nitrogens with zero attached hydrogens (tertiary/aromatic N) is 5. The van der Waals surface area contributed by atoms with Gasteiger partial charge in [0.15, 0.2) is 5.65 Å². The molecule has 1 saturated heterocycles. The van der Waals surface area contributed by atoms with Crippen molar-refractivity contribution in [1.82, 2.24) is 24.1 Å². The van der Waals surface area contributed by atoms with Gasteiger partial charge in [0, 0.05) is 17.1 Å². The lowest BCUT2D eigenvalue weighted by molar-refractivity contribution is -0.119. The highest BCUT2D eigenvalue weighted by Gasteiger charge is 2.38. The first-order valence-electron chi connectivity index (χ1n) is 17.1. The quantitative estimate of drug-likeness (QED) is 0.130. The minimum atomic E-state index is -4.14. The number of carbonyl (C=O) groups excluding carboxylic acids is 2. The number of phosphoric ester groups is 1. The van der Waals surface area contributed by atoms with Gasteiger partial charge in [-0.1, -0.05) is 19.9 Å². The van der Waals surface area contributed by atoms with Gasteiger partial charge in [-0.25, -0.2) is 27.9 Å². The highest BCUT2D eigenvalue weighted by molar-refractivity contribution is 7.48. The second-order valence-electron chi connectivity index (χ2n) is 15.4. The molecule has 1 amide bonds. The summed E-state index contributed by atoms with van der Waals surface area (Å²) in [5, 5.41) is 5.34. The smallest absolute Gasteiger partial charge is 0.421 e. The highest BCUT2D eigenvalue weighted by atomic mass is 31.2. The van der Waals surface area contributed by atoms with E-state index in [1.165, 1.54) is 6.33 Å². The average molecular weight is 711 g/mol. The molecule has 1 aromatic carbocycles. The molecule has 0 unspecified atom stereocenters. The SMILES string of the molecule is Cc1c(-c2c(C(C)C)c3cc(C4CCN(CC(N)=O)CC4)ccc3n2C(=O)OCOP(=O)(OC(C)(C)C)OC(C)(C)C)cn2ncnc2c1C. The lowest BCUT2D eigenvalue weighted by atomic mass is 9.87. The van der Waals surface area contributed by atoms with Crippen molar-refractivity contribution in [3.8, 4) is 11.3 Å². The number of primary amides is 1. The molecular weight excluding hydrogens is 659 g/mol. The molecule has 0 saturated carbocycles. The van der Waals surface area contributed by atoms with Crippen molar-refractivity contribution in [2.24, 2.45) is 5.73 Å². The molecule has 13 nitrogen and oxygen atoms in total. The number of carbonyl (C=O) groups is 2. The van der Waals surface area contributed by atoms with Crippen LogP contribution in [0.25, 0.3) is 27.8 Å². The number of phosphoric acid groups is 1. The number of hydrogen-bond acceptors (Lipinski definition) is 10. The number of benzene rings is 1. The fourth-order valence-electron chi connectivity index (χ4n) is 6.66. The molecule has 0 spiro atoms. The van der Waals surface area contributed by atoms with Crippen LogP contribution >= 0.6 is 7.82 Å². The molecule has 2 N–H and O–H groups in total. The number of piperidine rings is 1. The molecule has 4 heterocycles. The van der Waals surface area contributed by atoms with Crippen LogP contribution in [-0.2, 0) is 27.7 Å². The summed E-state index contributed by atoms with van der Waals surface area (Å²) in [5.41, 5.74) is 10.6. The van der Waals surface area contributed by atoms with E-state index in [1.54, 1.807) is 50.6 Å². The third-order valence-electron chi connectivity index (χ3n) is 8.77. The molecule has 3 aromatic heterocycles. The van der Waals surface area contributed by atoms with E-state index < -0.39 is 31.9 Å². The zero-order valence-corrected chi connectivity index (χ0v) is 31.8. The summed E-state index contributed by atoms with van der Waals surface area (Å²) in [7, 11) is -4.14. The maximum Gasteiger partial charge on any atom is 0.478 e. The van der Waals surface area contributed by atoms with Crippen molar-refractivity contribution in [2.75, 3.05) is 26.4 Å². The van der Waals surface area contributed by atoms with Crippen LogP contribution < -0.4 is 5.73 Å². The fraction of sp³-hybridized carbons (Fsp3) is 0.556. The van der Waals surface area contributed by atoms with Crippen molar-refractivity contribution in [3.05, 3.63) is 53.0 Å². The first-order chi connectivity index (χ1) is 23.3. The van der Waals surface area contributed by atoms with E-state index >= 15 is 0 Å². The molecule has 0 bridgehead atoms. The van der Waals surface area contributed by atoms with Crippen LogP contribution in [0.1, 0.15) is 102 Å². The molecule has 0 aliphatic carbocycles. The van der Waals surface area contributed by atoms with Gasteiger partial charge in [-0.05, 0) is 128 Å². The Kier molecular flexibility index (Phi) is 10.7. The van der Waals surface area contributed by atoms with Crippen molar-refractivity contribution in [3.63, 3.8) is 0 Å². The number of ether oxygens (including phenoxy) is 1. The second-order valence-corrected chi connectivity index (χ2v) is 16.9. The second kappa shape index (κ2) is 14.2. The number of nitrogens with two attached hydrogens (primary N) is 1. The van der Waals surface area contributed by atoms with Crippen LogP contribution in [0.2, 0.25) is 0 Å². The molecule has 1 aliphatic rings. The predicted molar refractivity (Wildman–Crippen MR) is 192 cm³/mol. The minimum Gasteiger partial charge on any atom is -0.421 e. The fourth-order valence-corrected chi connectivity index (χ4v) is 8.33. The summed E-state index contributed by atoms with van der Waals surface area (Å²) in [6, 6.07) is 6.21. The Morgan fingerprint density at radius 1 is 1.02 bits per heavy atom. The number of amides is 1. The summed E-state index contributed by atoms with van der Waals surface area (Å²) in [6.45, 7) is 19.8. The third kappa shape index (κ3) is 8.29. The van der Waals surface area contributed by atoms with Gasteiger partial charge in [-0.15, -0.1) is 0 Å². The molecular formula is C36H51N6O7P.